The highest BCUT2D eigenvalue weighted by Crippen LogP contribution is 2.26. The van der Waals surface area contributed by atoms with E-state index in [0.29, 0.717) is 19.6 Å². The normalized spacial score (nSPS) is 25.9. The molecule has 4 atom stereocenters. The minimum Gasteiger partial charge on any atom is -0.389 e. The third kappa shape index (κ3) is 5.39. The molecule has 0 spiro atoms. The van der Waals surface area contributed by atoms with Crippen molar-refractivity contribution in [2.75, 3.05) is 6.54 Å². The first-order valence-electron chi connectivity index (χ1n) is 9.48. The first kappa shape index (κ1) is 19.1. The molecule has 0 aromatic heterocycles. The van der Waals surface area contributed by atoms with Crippen molar-refractivity contribution in [3.05, 3.63) is 71.8 Å². The van der Waals surface area contributed by atoms with Crippen LogP contribution >= 0.6 is 0 Å². The molecule has 3 rings (SSSR count). The first-order valence-corrected chi connectivity index (χ1v) is 9.48. The molecule has 0 amide bonds. The van der Waals surface area contributed by atoms with E-state index in [2.05, 4.69) is 24.4 Å². The van der Waals surface area contributed by atoms with Crippen molar-refractivity contribution in [3.63, 3.8) is 0 Å². The monoisotopic (exact) mass is 355 g/mol. The lowest BCUT2D eigenvalue weighted by molar-refractivity contribution is -0.123. The van der Waals surface area contributed by atoms with Gasteiger partial charge in [-0.25, -0.2) is 0 Å². The van der Waals surface area contributed by atoms with Gasteiger partial charge < -0.3 is 19.9 Å². The van der Waals surface area contributed by atoms with E-state index < -0.39 is 6.10 Å². The molecule has 2 aromatic carbocycles. The van der Waals surface area contributed by atoms with E-state index in [0.717, 1.165) is 18.5 Å². The van der Waals surface area contributed by atoms with Crippen molar-refractivity contribution in [1.29, 1.82) is 0 Å². The molecule has 0 bridgehead atoms. The summed E-state index contributed by atoms with van der Waals surface area (Å²) in [7, 11) is 0. The standard InChI is InChI=1S/C22H29NO3/c1-2-23-20-13-19(25-15-17-9-5-3-6-10-17)14-21(22(20)24)26-16-18-11-7-4-8-12-18/h3-12,19-24H,2,13-16H2,1H3/t19-,20+,21+,22-/m0/s1. The third-order valence-corrected chi connectivity index (χ3v) is 4.91. The van der Waals surface area contributed by atoms with E-state index in [1.807, 2.05) is 48.5 Å². The molecule has 4 nitrogen and oxygen atoms in total. The fraction of sp³-hybridized carbons (Fsp3) is 0.455. The number of hydrogen-bond acceptors (Lipinski definition) is 4. The van der Waals surface area contributed by atoms with Crippen LogP contribution in [-0.2, 0) is 22.7 Å². The lowest BCUT2D eigenvalue weighted by Gasteiger charge is -2.39. The zero-order valence-electron chi connectivity index (χ0n) is 15.4. The van der Waals surface area contributed by atoms with E-state index in [-0.39, 0.29) is 18.2 Å². The summed E-state index contributed by atoms with van der Waals surface area (Å²) in [5, 5.41) is 14.1. The van der Waals surface area contributed by atoms with Crippen LogP contribution in [0.3, 0.4) is 0 Å². The maximum absolute atomic E-state index is 10.7. The van der Waals surface area contributed by atoms with Gasteiger partial charge >= 0.3 is 0 Å². The highest BCUT2D eigenvalue weighted by molar-refractivity contribution is 5.14. The van der Waals surface area contributed by atoms with E-state index in [4.69, 9.17) is 9.47 Å². The highest BCUT2D eigenvalue weighted by atomic mass is 16.5. The van der Waals surface area contributed by atoms with Crippen molar-refractivity contribution in [3.8, 4) is 0 Å². The molecule has 0 aliphatic heterocycles. The Morgan fingerprint density at radius 1 is 0.885 bits per heavy atom. The number of hydrogen-bond donors (Lipinski definition) is 2. The Hall–Kier alpha value is -1.72. The second-order valence-electron chi connectivity index (χ2n) is 6.88. The number of ether oxygens (including phenoxy) is 2. The predicted molar refractivity (Wildman–Crippen MR) is 103 cm³/mol. The number of benzene rings is 2. The number of aliphatic hydroxyl groups is 1. The molecule has 1 fully saturated rings. The number of nitrogens with one attached hydrogen (secondary N) is 1. The van der Waals surface area contributed by atoms with Gasteiger partial charge in [0.15, 0.2) is 0 Å². The van der Waals surface area contributed by atoms with Crippen LogP contribution in [-0.4, -0.2) is 36.0 Å². The van der Waals surface area contributed by atoms with Gasteiger partial charge in [0, 0.05) is 12.5 Å². The molecule has 1 saturated carbocycles. The van der Waals surface area contributed by atoms with Crippen LogP contribution in [0.2, 0.25) is 0 Å². The van der Waals surface area contributed by atoms with E-state index in [1.54, 1.807) is 0 Å². The molecule has 0 unspecified atom stereocenters. The maximum Gasteiger partial charge on any atom is 0.0956 e. The number of aliphatic hydroxyl groups excluding tert-OH is 1. The SMILES string of the molecule is CCN[C@@H]1C[C@H](OCc2ccccc2)C[C@@H](OCc2ccccc2)[C@H]1O. The Bertz CT molecular complexity index is 634. The predicted octanol–water partition coefficient (Wildman–Crippen LogP) is 3.29. The molecule has 140 valence electrons. The smallest absolute Gasteiger partial charge is 0.0956 e. The summed E-state index contributed by atoms with van der Waals surface area (Å²) >= 11 is 0. The van der Waals surface area contributed by atoms with Gasteiger partial charge in [0.2, 0.25) is 0 Å². The van der Waals surface area contributed by atoms with Crippen molar-refractivity contribution in [2.45, 2.75) is 57.3 Å². The molecule has 1 aliphatic rings. The molecule has 26 heavy (non-hydrogen) atoms. The molecule has 2 N–H and O–H groups in total. The average Bonchev–Trinajstić information content (AvgIpc) is 2.69. The van der Waals surface area contributed by atoms with Gasteiger partial charge in [-0.2, -0.15) is 0 Å². The second kappa shape index (κ2) is 9.83. The highest BCUT2D eigenvalue weighted by Gasteiger charge is 2.37. The summed E-state index contributed by atoms with van der Waals surface area (Å²) in [6.07, 6.45) is 0.836. The van der Waals surface area contributed by atoms with E-state index >= 15 is 0 Å². The Kier molecular flexibility index (Phi) is 7.21. The van der Waals surface area contributed by atoms with Crippen LogP contribution in [0.1, 0.15) is 30.9 Å². The molecule has 0 radical (unpaired) electrons. The molecule has 0 saturated heterocycles. The first-order chi connectivity index (χ1) is 12.8. The van der Waals surface area contributed by atoms with Crippen LogP contribution in [0, 0.1) is 0 Å². The van der Waals surface area contributed by atoms with Gasteiger partial charge in [-0.15, -0.1) is 0 Å². The molecule has 1 aliphatic carbocycles. The van der Waals surface area contributed by atoms with Crippen molar-refractivity contribution >= 4 is 0 Å². The summed E-state index contributed by atoms with van der Waals surface area (Å²) in [6, 6.07) is 20.3. The molecule has 0 heterocycles. The van der Waals surface area contributed by atoms with Gasteiger partial charge in [0.1, 0.15) is 0 Å². The molecule has 2 aromatic rings. The van der Waals surface area contributed by atoms with Gasteiger partial charge in [-0.05, 0) is 24.1 Å². The Labute approximate surface area is 156 Å². The van der Waals surface area contributed by atoms with Crippen LogP contribution in [0.15, 0.2) is 60.7 Å². The second-order valence-corrected chi connectivity index (χ2v) is 6.88. The van der Waals surface area contributed by atoms with Crippen LogP contribution in [0.4, 0.5) is 0 Å². The molecular weight excluding hydrogens is 326 g/mol. The lowest BCUT2D eigenvalue weighted by Crippen LogP contribution is -2.54. The van der Waals surface area contributed by atoms with Crippen LogP contribution in [0.5, 0.6) is 0 Å². The molecular formula is C22H29NO3. The Balaban J connectivity index is 1.59. The third-order valence-electron chi connectivity index (χ3n) is 4.91. The topological polar surface area (TPSA) is 50.7 Å². The zero-order valence-corrected chi connectivity index (χ0v) is 15.4. The van der Waals surface area contributed by atoms with Gasteiger partial charge in [-0.1, -0.05) is 67.6 Å². The van der Waals surface area contributed by atoms with Crippen molar-refractivity contribution in [2.24, 2.45) is 0 Å². The summed E-state index contributed by atoms with van der Waals surface area (Å²) in [5.74, 6) is 0. The van der Waals surface area contributed by atoms with Crippen molar-refractivity contribution < 1.29 is 14.6 Å². The Morgan fingerprint density at radius 3 is 2.04 bits per heavy atom. The number of likely N-dealkylation sites (N-methyl/N-ethyl adjacent to an activating group) is 1. The minimum atomic E-state index is -0.518. The Morgan fingerprint density at radius 2 is 1.46 bits per heavy atom. The number of rotatable bonds is 8. The van der Waals surface area contributed by atoms with Crippen molar-refractivity contribution in [1.82, 2.24) is 5.32 Å². The summed E-state index contributed by atoms with van der Waals surface area (Å²) in [5.41, 5.74) is 2.28. The zero-order chi connectivity index (χ0) is 18.2. The van der Waals surface area contributed by atoms with E-state index in [9.17, 15) is 5.11 Å². The summed E-state index contributed by atoms with van der Waals surface area (Å²) in [6.45, 7) is 3.97. The maximum atomic E-state index is 10.7. The lowest BCUT2D eigenvalue weighted by atomic mass is 9.87. The largest absolute Gasteiger partial charge is 0.389 e. The summed E-state index contributed by atoms with van der Waals surface area (Å²) < 4.78 is 12.2. The molecule has 4 heteroatoms. The van der Waals surface area contributed by atoms with Crippen LogP contribution < -0.4 is 5.32 Å². The minimum absolute atomic E-state index is 0.00435. The van der Waals surface area contributed by atoms with Gasteiger partial charge in [-0.3, -0.25) is 0 Å². The van der Waals surface area contributed by atoms with E-state index in [1.165, 1.54) is 5.56 Å². The average molecular weight is 355 g/mol. The van der Waals surface area contributed by atoms with Gasteiger partial charge in [0.25, 0.3) is 0 Å². The van der Waals surface area contributed by atoms with Crippen LogP contribution in [0.25, 0.3) is 0 Å². The van der Waals surface area contributed by atoms with Gasteiger partial charge in [0.05, 0.1) is 31.5 Å². The summed E-state index contributed by atoms with van der Waals surface area (Å²) in [4.78, 5) is 0. The quantitative estimate of drug-likeness (QED) is 0.763. The fourth-order valence-electron chi connectivity index (χ4n) is 3.51. The fourth-order valence-corrected chi connectivity index (χ4v) is 3.51.